The Hall–Kier alpha value is -3.40. The van der Waals surface area contributed by atoms with Crippen LogP contribution in [0.1, 0.15) is 16.5 Å². The molecule has 2 aliphatic heterocycles. The lowest BCUT2D eigenvalue weighted by atomic mass is 9.99. The molecule has 0 aliphatic carbocycles. The molecule has 1 unspecified atom stereocenters. The van der Waals surface area contributed by atoms with Crippen molar-refractivity contribution in [3.63, 3.8) is 0 Å². The molecule has 0 spiro atoms. The van der Waals surface area contributed by atoms with Gasteiger partial charge >= 0.3 is 5.91 Å². The molecule has 170 valence electrons. The first-order valence-corrected chi connectivity index (χ1v) is 12.4. The first kappa shape index (κ1) is 21.2. The lowest BCUT2D eigenvalue weighted by molar-refractivity contribution is -0.132. The van der Waals surface area contributed by atoms with Gasteiger partial charge in [0.05, 0.1) is 15.8 Å². The highest BCUT2D eigenvalue weighted by molar-refractivity contribution is 7.22. The highest BCUT2D eigenvalue weighted by Crippen LogP contribution is 2.46. The molecule has 10 heteroatoms. The van der Waals surface area contributed by atoms with Crippen molar-refractivity contribution in [2.24, 2.45) is 0 Å². The molecule has 0 saturated carbocycles. The molecule has 4 aromatic rings. The number of anilines is 1. The van der Waals surface area contributed by atoms with E-state index in [2.05, 4.69) is 4.98 Å². The van der Waals surface area contributed by atoms with Gasteiger partial charge in [-0.15, -0.1) is 11.3 Å². The van der Waals surface area contributed by atoms with Crippen LogP contribution in [0.15, 0.2) is 59.5 Å². The summed E-state index contributed by atoms with van der Waals surface area (Å²) in [5, 5.41) is 14.0. The maximum atomic E-state index is 13.3. The maximum absolute atomic E-state index is 13.3. The van der Waals surface area contributed by atoms with Crippen LogP contribution < -0.4 is 14.4 Å². The number of Topliss-reactive ketones (excluding diaryl/α,β-unsaturated/α-hetero) is 1. The molecule has 0 radical (unpaired) electrons. The van der Waals surface area contributed by atoms with Crippen LogP contribution in [0.5, 0.6) is 11.5 Å². The van der Waals surface area contributed by atoms with Crippen LogP contribution in [0.3, 0.4) is 0 Å². The van der Waals surface area contributed by atoms with Gasteiger partial charge in [0, 0.05) is 15.5 Å². The Morgan fingerprint density at radius 2 is 1.91 bits per heavy atom. The molecule has 7 nitrogen and oxygen atoms in total. The average Bonchev–Trinajstić information content (AvgIpc) is 3.57. The van der Waals surface area contributed by atoms with E-state index >= 15 is 0 Å². The predicted molar refractivity (Wildman–Crippen MR) is 131 cm³/mol. The molecule has 2 aliphatic rings. The van der Waals surface area contributed by atoms with Crippen molar-refractivity contribution in [2.75, 3.05) is 18.1 Å². The number of ketones is 1. The minimum absolute atomic E-state index is 0.00131. The number of carbonyl (C=O) groups excluding carboxylic acids is 2. The Morgan fingerprint density at radius 3 is 2.71 bits per heavy atom. The Labute approximate surface area is 206 Å². The first-order valence-electron chi connectivity index (χ1n) is 10.3. The Balaban J connectivity index is 1.52. The number of halogens is 1. The molecule has 34 heavy (non-hydrogen) atoms. The first-order chi connectivity index (χ1) is 16.5. The molecule has 2 aromatic carbocycles. The van der Waals surface area contributed by atoms with Crippen molar-refractivity contribution < 1.29 is 24.2 Å². The number of ether oxygens (including phenoxy) is 2. The summed E-state index contributed by atoms with van der Waals surface area (Å²) in [7, 11) is 0. The summed E-state index contributed by atoms with van der Waals surface area (Å²) in [4.78, 5) is 33.2. The van der Waals surface area contributed by atoms with Crippen molar-refractivity contribution >= 4 is 67.1 Å². The number of carbonyl (C=O) groups is 2. The molecule has 4 heterocycles. The normalized spacial score (nSPS) is 19.2. The van der Waals surface area contributed by atoms with Gasteiger partial charge in [0.25, 0.3) is 5.78 Å². The molecular weight excluding hydrogens is 496 g/mol. The molecule has 2 aromatic heterocycles. The van der Waals surface area contributed by atoms with Gasteiger partial charge in [-0.25, -0.2) is 4.98 Å². The van der Waals surface area contributed by atoms with E-state index < -0.39 is 17.7 Å². The summed E-state index contributed by atoms with van der Waals surface area (Å²) >= 11 is 8.77. The van der Waals surface area contributed by atoms with Gasteiger partial charge in [-0.3, -0.25) is 14.5 Å². The van der Waals surface area contributed by atoms with Gasteiger partial charge in [-0.2, -0.15) is 0 Å². The number of hydrogen-bond acceptors (Lipinski definition) is 8. The second kappa shape index (κ2) is 8.12. The summed E-state index contributed by atoms with van der Waals surface area (Å²) in [5.74, 6) is -0.766. The molecule has 1 N–H and O–H groups in total. The largest absolute Gasteiger partial charge is 0.507 e. The maximum Gasteiger partial charge on any atom is 0.301 e. The fourth-order valence-electron chi connectivity index (χ4n) is 4.08. The fourth-order valence-corrected chi connectivity index (χ4v) is 6.17. The standard InChI is InChI=1S/C24H15ClN2O5S2/c25-13-4-5-14-18(11-13)34-24(26-14)27-20(17-2-1-9-33-17)19(22(29)23(27)30)21(28)12-3-6-15-16(10-12)32-8-7-31-15/h1-6,9-11,20,28H,7-8H2/b21-19+. The van der Waals surface area contributed by atoms with E-state index in [1.165, 1.54) is 27.6 Å². The van der Waals surface area contributed by atoms with Crippen molar-refractivity contribution in [1.29, 1.82) is 0 Å². The van der Waals surface area contributed by atoms with Crippen molar-refractivity contribution in [3.05, 3.63) is 74.9 Å². The van der Waals surface area contributed by atoms with Crippen LogP contribution in [0.4, 0.5) is 5.13 Å². The third-order valence-electron chi connectivity index (χ3n) is 5.62. The van der Waals surface area contributed by atoms with Gasteiger partial charge in [-0.1, -0.05) is 29.0 Å². The SMILES string of the molecule is O=C1C(=O)N(c2nc3ccc(Cl)cc3s2)C(c2cccs2)/C1=C(\O)c1ccc2c(c1)OCCO2. The number of benzene rings is 2. The zero-order valence-corrected chi connectivity index (χ0v) is 19.7. The number of nitrogens with zero attached hydrogens (tertiary/aromatic N) is 2. The number of aliphatic hydroxyl groups excluding tert-OH is 1. The molecular formula is C24H15ClN2O5S2. The highest BCUT2D eigenvalue weighted by Gasteiger charge is 2.48. The van der Waals surface area contributed by atoms with Crippen molar-refractivity contribution in [2.45, 2.75) is 6.04 Å². The summed E-state index contributed by atoms with van der Waals surface area (Å²) in [6, 6.07) is 13.0. The zero-order chi connectivity index (χ0) is 23.4. The molecule has 1 amide bonds. The van der Waals surface area contributed by atoms with E-state index in [-0.39, 0.29) is 11.3 Å². The van der Waals surface area contributed by atoms with Crippen LogP contribution >= 0.6 is 34.3 Å². The van der Waals surface area contributed by atoms with E-state index in [0.717, 1.165) is 9.58 Å². The summed E-state index contributed by atoms with van der Waals surface area (Å²) < 4.78 is 12.0. The summed E-state index contributed by atoms with van der Waals surface area (Å²) in [5.41, 5.74) is 1.03. The van der Waals surface area contributed by atoms with Crippen LogP contribution in [0.2, 0.25) is 5.02 Å². The van der Waals surface area contributed by atoms with E-state index in [1.807, 2.05) is 17.5 Å². The lowest BCUT2D eigenvalue weighted by Crippen LogP contribution is -2.28. The summed E-state index contributed by atoms with van der Waals surface area (Å²) in [6.45, 7) is 0.827. The monoisotopic (exact) mass is 510 g/mol. The van der Waals surface area contributed by atoms with E-state index in [1.54, 1.807) is 36.4 Å². The number of thiophene rings is 1. The van der Waals surface area contributed by atoms with Crippen LogP contribution in [0, 0.1) is 0 Å². The number of hydrogen-bond donors (Lipinski definition) is 1. The lowest BCUT2D eigenvalue weighted by Gasteiger charge is -2.22. The van der Waals surface area contributed by atoms with E-state index in [0.29, 0.717) is 45.9 Å². The Bertz CT molecular complexity index is 1490. The summed E-state index contributed by atoms with van der Waals surface area (Å²) in [6.07, 6.45) is 0. The van der Waals surface area contributed by atoms with Crippen LogP contribution in [-0.4, -0.2) is 35.0 Å². The third kappa shape index (κ3) is 3.35. The number of aliphatic hydroxyl groups is 1. The number of amides is 1. The minimum Gasteiger partial charge on any atom is -0.507 e. The van der Waals surface area contributed by atoms with Gasteiger partial charge < -0.3 is 14.6 Å². The Kier molecular flexibility index (Phi) is 5.05. The smallest absolute Gasteiger partial charge is 0.301 e. The van der Waals surface area contributed by atoms with Gasteiger partial charge in [-0.05, 0) is 47.8 Å². The van der Waals surface area contributed by atoms with Crippen molar-refractivity contribution in [1.82, 2.24) is 4.98 Å². The van der Waals surface area contributed by atoms with E-state index in [4.69, 9.17) is 21.1 Å². The molecule has 1 fully saturated rings. The number of thiazole rings is 1. The molecule has 1 atom stereocenters. The van der Waals surface area contributed by atoms with Crippen molar-refractivity contribution in [3.8, 4) is 11.5 Å². The second-order valence-electron chi connectivity index (χ2n) is 7.65. The third-order valence-corrected chi connectivity index (χ3v) is 7.80. The van der Waals surface area contributed by atoms with Crippen LogP contribution in [-0.2, 0) is 9.59 Å². The fraction of sp³-hybridized carbons (Fsp3) is 0.125. The number of rotatable bonds is 3. The van der Waals surface area contributed by atoms with Gasteiger partial charge in [0.2, 0.25) is 0 Å². The topological polar surface area (TPSA) is 89.0 Å². The highest BCUT2D eigenvalue weighted by atomic mass is 35.5. The Morgan fingerprint density at radius 1 is 1.09 bits per heavy atom. The zero-order valence-electron chi connectivity index (χ0n) is 17.4. The second-order valence-corrected chi connectivity index (χ2v) is 10.1. The quantitative estimate of drug-likeness (QED) is 0.225. The van der Waals surface area contributed by atoms with Gasteiger partial charge in [0.1, 0.15) is 25.0 Å². The van der Waals surface area contributed by atoms with Gasteiger partial charge in [0.15, 0.2) is 16.6 Å². The van der Waals surface area contributed by atoms with E-state index in [9.17, 15) is 14.7 Å². The number of aromatic nitrogens is 1. The molecule has 1 saturated heterocycles. The molecule has 0 bridgehead atoms. The van der Waals surface area contributed by atoms with Crippen LogP contribution in [0.25, 0.3) is 16.0 Å². The predicted octanol–water partition coefficient (Wildman–Crippen LogP) is 5.41. The molecule has 6 rings (SSSR count). The minimum atomic E-state index is -0.816. The number of fused-ring (bicyclic) bond motifs is 2. The average molecular weight is 511 g/mol.